The lowest BCUT2D eigenvalue weighted by Crippen LogP contribution is -2.02. The molecule has 0 aromatic carbocycles. The van der Waals surface area contributed by atoms with Gasteiger partial charge >= 0.3 is 5.43 Å². The second-order valence-corrected chi connectivity index (χ2v) is 4.13. The van der Waals surface area contributed by atoms with Gasteiger partial charge in [0.15, 0.2) is 0 Å². The van der Waals surface area contributed by atoms with E-state index >= 15 is 0 Å². The average molecular weight is 285 g/mol. The molecule has 0 aromatic rings. The minimum atomic E-state index is -1.17. The molecule has 0 N–H and O–H groups in total. The zero-order valence-corrected chi connectivity index (χ0v) is 11.4. The van der Waals surface area contributed by atoms with Crippen molar-refractivity contribution in [3.05, 3.63) is 0 Å². The van der Waals surface area contributed by atoms with Crippen LogP contribution in [-0.2, 0) is 24.9 Å². The van der Waals surface area contributed by atoms with Gasteiger partial charge in [-0.25, -0.2) is 14.6 Å². The number of carbonyl (C=O) groups is 1. The lowest BCUT2D eigenvalue weighted by Gasteiger charge is -2.01. The molecule has 0 rings (SSSR count). The van der Waals surface area contributed by atoms with Crippen LogP contribution in [0.2, 0.25) is 0 Å². The lowest BCUT2D eigenvalue weighted by molar-refractivity contribution is -0.696. The second-order valence-electron chi connectivity index (χ2n) is 3.82. The van der Waals surface area contributed by atoms with Crippen LogP contribution in [-0.4, -0.2) is 12.0 Å². The molecule has 6 nitrogen and oxygen atoms in total. The Hall–Kier alpha value is -0.400. The van der Waals surface area contributed by atoms with Gasteiger partial charge in [-0.05, 0) is 11.5 Å². The van der Waals surface area contributed by atoms with Crippen LogP contribution in [0, 0.1) is 0 Å². The summed E-state index contributed by atoms with van der Waals surface area (Å²) in [5.41, 5.74) is -1.17. The first-order chi connectivity index (χ1) is 8.77. The number of hydrogen-bond acceptors (Lipinski definition) is 6. The van der Waals surface area contributed by atoms with Crippen LogP contribution in [0.5, 0.6) is 0 Å². The first kappa shape index (κ1) is 17.6. The van der Waals surface area contributed by atoms with Gasteiger partial charge in [0.1, 0.15) is 0 Å². The van der Waals surface area contributed by atoms with Crippen molar-refractivity contribution < 1.29 is 29.7 Å². The predicted molar refractivity (Wildman–Crippen MR) is 64.2 cm³/mol. The number of carbonyl (C=O) groups excluding carboxylic acids is 1. The maximum absolute atomic E-state index is 9.99. The summed E-state index contributed by atoms with van der Waals surface area (Å²) in [5.74, 6) is 0. The molecule has 0 radical (unpaired) electrons. The molecule has 0 aliphatic heterocycles. The molecule has 0 atom stereocenters. The summed E-state index contributed by atoms with van der Waals surface area (Å²) >= 11 is 4.76. The Bertz CT molecular complexity index is 190. The first-order valence-corrected chi connectivity index (χ1v) is 6.64. The lowest BCUT2D eigenvalue weighted by atomic mass is 10.1. The third-order valence-electron chi connectivity index (χ3n) is 2.28. The topological polar surface area (TPSA) is 63.2 Å². The molecule has 0 aliphatic carbocycles. The Morgan fingerprint density at radius 3 is 2.11 bits per heavy atom. The summed E-state index contributed by atoms with van der Waals surface area (Å²) in [6.07, 6.45) is 9.60. The highest BCUT2D eigenvalue weighted by atomic mass is 35.5. The van der Waals surface area contributed by atoms with E-state index < -0.39 is 5.43 Å². The number of unbranched alkanes of at least 4 members (excludes halogenated alkanes) is 7. The summed E-state index contributed by atoms with van der Waals surface area (Å²) in [7, 11) is 0. The van der Waals surface area contributed by atoms with E-state index in [4.69, 9.17) is 11.6 Å². The number of hydrogen-bond donors (Lipinski definition) is 0. The van der Waals surface area contributed by atoms with E-state index in [1.165, 1.54) is 38.5 Å². The minimum Gasteiger partial charge on any atom is -0.248 e. The van der Waals surface area contributed by atoms with Crippen molar-refractivity contribution in [1.29, 1.82) is 0 Å². The van der Waals surface area contributed by atoms with Crippen molar-refractivity contribution in [1.82, 2.24) is 0 Å². The monoisotopic (exact) mass is 284 g/mol. The Labute approximate surface area is 112 Å². The molecule has 0 aromatic heterocycles. The van der Waals surface area contributed by atoms with Crippen molar-refractivity contribution in [2.75, 3.05) is 6.61 Å². The Kier molecular flexibility index (Phi) is 14.3. The third kappa shape index (κ3) is 15.6. The van der Waals surface area contributed by atoms with Crippen LogP contribution in [0.4, 0.5) is 4.79 Å². The zero-order valence-electron chi connectivity index (χ0n) is 10.7. The normalized spacial score (nSPS) is 10.6. The van der Waals surface area contributed by atoms with Gasteiger partial charge in [0.05, 0.1) is 6.61 Å². The summed E-state index contributed by atoms with van der Waals surface area (Å²) in [6, 6.07) is 0. The van der Waals surface area contributed by atoms with E-state index in [0.717, 1.165) is 12.8 Å². The largest absolute Gasteiger partial charge is 0.438 e. The second kappa shape index (κ2) is 14.7. The maximum Gasteiger partial charge on any atom is 0.438 e. The van der Waals surface area contributed by atoms with Crippen LogP contribution < -0.4 is 0 Å². The molecule has 0 fully saturated rings. The van der Waals surface area contributed by atoms with Crippen molar-refractivity contribution in [3.8, 4) is 0 Å². The zero-order chi connectivity index (χ0) is 13.5. The smallest absolute Gasteiger partial charge is 0.248 e. The van der Waals surface area contributed by atoms with Crippen molar-refractivity contribution in [2.24, 2.45) is 0 Å². The van der Waals surface area contributed by atoms with E-state index in [1.54, 1.807) is 0 Å². The highest BCUT2D eigenvalue weighted by Crippen LogP contribution is 2.08. The van der Waals surface area contributed by atoms with Crippen LogP contribution in [0.15, 0.2) is 0 Å². The predicted octanol–water partition coefficient (Wildman–Crippen LogP) is 4.23. The Morgan fingerprint density at radius 2 is 1.50 bits per heavy atom. The average Bonchev–Trinajstić information content (AvgIpc) is 2.34. The molecule has 0 saturated carbocycles. The fourth-order valence-electron chi connectivity index (χ4n) is 1.40. The Morgan fingerprint density at radius 1 is 0.889 bits per heavy atom. The van der Waals surface area contributed by atoms with E-state index in [0.29, 0.717) is 6.61 Å². The Balaban J connectivity index is 2.92. The van der Waals surface area contributed by atoms with Gasteiger partial charge in [0.2, 0.25) is 0 Å². The molecule has 0 aliphatic rings. The van der Waals surface area contributed by atoms with Crippen molar-refractivity contribution in [3.63, 3.8) is 0 Å². The van der Waals surface area contributed by atoms with Gasteiger partial charge in [-0.2, -0.15) is 0 Å². The van der Waals surface area contributed by atoms with Crippen LogP contribution >= 0.6 is 11.6 Å². The van der Waals surface area contributed by atoms with E-state index in [-0.39, 0.29) is 0 Å². The quantitative estimate of drug-likeness (QED) is 0.218. The van der Waals surface area contributed by atoms with Gasteiger partial charge in [-0.1, -0.05) is 51.9 Å². The summed E-state index contributed by atoms with van der Waals surface area (Å²) < 4.78 is 0. The molecule has 7 heteroatoms. The molecule has 0 unspecified atom stereocenters. The summed E-state index contributed by atoms with van der Waals surface area (Å²) in [6.45, 7) is 2.59. The van der Waals surface area contributed by atoms with Crippen molar-refractivity contribution >= 4 is 17.0 Å². The number of halogens is 1. The molecular formula is C11H21ClO6. The van der Waals surface area contributed by atoms with Crippen LogP contribution in [0.3, 0.4) is 0 Å². The fraction of sp³-hybridized carbons (Fsp3) is 0.909. The molecule has 0 bridgehead atoms. The molecule has 0 spiro atoms. The van der Waals surface area contributed by atoms with Gasteiger partial charge in [-0.15, -0.1) is 0 Å². The minimum absolute atomic E-state index is 0.382. The highest BCUT2D eigenvalue weighted by molar-refractivity contribution is 6.61. The van der Waals surface area contributed by atoms with E-state index in [9.17, 15) is 4.79 Å². The fourth-order valence-corrected chi connectivity index (χ4v) is 1.43. The van der Waals surface area contributed by atoms with Crippen LogP contribution in [0.1, 0.15) is 58.3 Å². The maximum atomic E-state index is 9.99. The SMILES string of the molecule is CCCCCCCCCCOOOOOC(=O)Cl. The summed E-state index contributed by atoms with van der Waals surface area (Å²) in [4.78, 5) is 18.3. The van der Waals surface area contributed by atoms with E-state index in [2.05, 4.69) is 31.8 Å². The molecule has 18 heavy (non-hydrogen) atoms. The van der Waals surface area contributed by atoms with E-state index in [1.807, 2.05) is 0 Å². The standard InChI is InChI=1S/C11H21ClO6/c1-2-3-4-5-6-7-8-9-10-14-16-18-17-15-11(12)13/h2-10H2,1H3. The molecule has 0 heterocycles. The van der Waals surface area contributed by atoms with Gasteiger partial charge in [-0.3, -0.25) is 0 Å². The van der Waals surface area contributed by atoms with Gasteiger partial charge in [0.25, 0.3) is 0 Å². The molecule has 0 amide bonds. The van der Waals surface area contributed by atoms with Gasteiger partial charge < -0.3 is 0 Å². The first-order valence-electron chi connectivity index (χ1n) is 6.26. The molecule has 0 saturated heterocycles. The van der Waals surface area contributed by atoms with Crippen molar-refractivity contribution in [2.45, 2.75) is 58.3 Å². The van der Waals surface area contributed by atoms with Crippen LogP contribution in [0.25, 0.3) is 0 Å². The van der Waals surface area contributed by atoms with Gasteiger partial charge in [0, 0.05) is 21.7 Å². The molecular weight excluding hydrogens is 264 g/mol. The molecule has 108 valence electrons. The third-order valence-corrected chi connectivity index (χ3v) is 2.35. The highest BCUT2D eigenvalue weighted by Gasteiger charge is 1.98. The summed E-state index contributed by atoms with van der Waals surface area (Å²) in [5, 5.41) is 11.7. The number of rotatable bonds is 13.